The number of para-hydroxylation sites is 1. The molecule has 1 aliphatic rings. The molecule has 6 rings (SSSR count). The summed E-state index contributed by atoms with van der Waals surface area (Å²) in [4.78, 5) is 28.9. The van der Waals surface area contributed by atoms with Gasteiger partial charge in [0, 0.05) is 36.8 Å². The summed E-state index contributed by atoms with van der Waals surface area (Å²) < 4.78 is 0. The predicted octanol–water partition coefficient (Wildman–Crippen LogP) is 5.07. The van der Waals surface area contributed by atoms with E-state index in [9.17, 15) is 4.79 Å². The average Bonchev–Trinajstić information content (AvgIpc) is 3.35. The first-order chi connectivity index (χ1) is 15.7. The zero-order valence-corrected chi connectivity index (χ0v) is 18.6. The van der Waals surface area contributed by atoms with E-state index in [1.807, 2.05) is 23.6 Å². The SMILES string of the molecule is Cc1ccc2nc3ccccc3c(CN3CCc4nc(-c5cccs5)[nH]c(=O)c4C3)c2c1. The number of rotatable bonds is 3. The number of nitrogens with one attached hydrogen (secondary N) is 1. The van der Waals surface area contributed by atoms with Crippen LogP contribution in [0.25, 0.3) is 32.5 Å². The minimum atomic E-state index is -0.0246. The van der Waals surface area contributed by atoms with Gasteiger partial charge < -0.3 is 4.98 Å². The van der Waals surface area contributed by atoms with Gasteiger partial charge in [-0.05, 0) is 42.1 Å². The topological polar surface area (TPSA) is 61.9 Å². The predicted molar refractivity (Wildman–Crippen MR) is 130 cm³/mol. The van der Waals surface area contributed by atoms with Crippen molar-refractivity contribution in [2.45, 2.75) is 26.4 Å². The highest BCUT2D eigenvalue weighted by Crippen LogP contribution is 2.29. The third-order valence-electron chi connectivity index (χ3n) is 6.23. The summed E-state index contributed by atoms with van der Waals surface area (Å²) in [5, 5.41) is 4.37. The first-order valence-corrected chi connectivity index (χ1v) is 11.7. The van der Waals surface area contributed by atoms with E-state index in [1.165, 1.54) is 21.9 Å². The van der Waals surface area contributed by atoms with E-state index in [0.29, 0.717) is 12.4 Å². The maximum atomic E-state index is 12.9. The van der Waals surface area contributed by atoms with Gasteiger partial charge in [-0.2, -0.15) is 0 Å². The molecule has 0 unspecified atom stereocenters. The molecule has 6 heteroatoms. The molecule has 32 heavy (non-hydrogen) atoms. The second kappa shape index (κ2) is 7.65. The Morgan fingerprint density at radius 3 is 2.78 bits per heavy atom. The molecular formula is C26H22N4OS. The number of nitrogens with zero attached hydrogens (tertiary/aromatic N) is 3. The molecule has 3 aromatic heterocycles. The van der Waals surface area contributed by atoms with Crippen LogP contribution in [0.3, 0.4) is 0 Å². The van der Waals surface area contributed by atoms with Crippen LogP contribution in [0, 0.1) is 6.92 Å². The van der Waals surface area contributed by atoms with Crippen LogP contribution in [0.2, 0.25) is 0 Å². The number of aryl methyl sites for hydroxylation is 1. The summed E-state index contributed by atoms with van der Waals surface area (Å²) in [6.45, 7) is 4.37. The summed E-state index contributed by atoms with van der Waals surface area (Å²) in [5.41, 5.74) is 6.21. The van der Waals surface area contributed by atoms with Crippen LogP contribution in [0.15, 0.2) is 64.8 Å². The zero-order chi connectivity index (χ0) is 21.7. The standard InChI is InChI=1S/C26H22N4OS/c1-16-8-9-22-18(13-16)19(17-5-2-3-6-21(17)27-22)14-30-11-10-23-20(15-30)26(31)29-25(28-23)24-7-4-12-32-24/h2-9,12-13H,10-11,14-15H2,1H3,(H,28,29,31). The average molecular weight is 439 g/mol. The number of H-pyrrole nitrogens is 1. The molecule has 5 nitrogen and oxygen atoms in total. The van der Waals surface area contributed by atoms with Crippen molar-refractivity contribution in [3.8, 4) is 10.7 Å². The Kier molecular flexibility index (Phi) is 4.63. The Bertz CT molecular complexity index is 1520. The van der Waals surface area contributed by atoms with Crippen molar-refractivity contribution in [3.63, 3.8) is 0 Å². The highest BCUT2D eigenvalue weighted by Gasteiger charge is 2.23. The Labute approximate surface area is 189 Å². The Hall–Kier alpha value is -3.35. The lowest BCUT2D eigenvalue weighted by Gasteiger charge is -2.28. The second-order valence-electron chi connectivity index (χ2n) is 8.41. The minimum Gasteiger partial charge on any atom is -0.306 e. The molecule has 0 spiro atoms. The molecule has 0 saturated carbocycles. The van der Waals surface area contributed by atoms with Gasteiger partial charge in [-0.25, -0.2) is 9.97 Å². The monoisotopic (exact) mass is 438 g/mol. The van der Waals surface area contributed by atoms with E-state index in [1.54, 1.807) is 11.3 Å². The lowest BCUT2D eigenvalue weighted by molar-refractivity contribution is 0.243. The van der Waals surface area contributed by atoms with E-state index >= 15 is 0 Å². The van der Waals surface area contributed by atoms with Crippen molar-refractivity contribution in [2.24, 2.45) is 0 Å². The van der Waals surface area contributed by atoms with Crippen molar-refractivity contribution in [3.05, 3.63) is 92.7 Å². The number of aromatic amines is 1. The number of fused-ring (bicyclic) bond motifs is 3. The number of benzene rings is 2. The lowest BCUT2D eigenvalue weighted by Crippen LogP contribution is -2.35. The fraction of sp³-hybridized carbons (Fsp3) is 0.192. The van der Waals surface area contributed by atoms with Gasteiger partial charge in [0.05, 0.1) is 27.2 Å². The fourth-order valence-electron chi connectivity index (χ4n) is 4.63. The van der Waals surface area contributed by atoms with Gasteiger partial charge in [0.1, 0.15) is 0 Å². The van der Waals surface area contributed by atoms with E-state index in [2.05, 4.69) is 53.2 Å². The fourth-order valence-corrected chi connectivity index (χ4v) is 5.30. The summed E-state index contributed by atoms with van der Waals surface area (Å²) >= 11 is 1.59. The minimum absolute atomic E-state index is 0.0246. The number of pyridine rings is 1. The van der Waals surface area contributed by atoms with Crippen LogP contribution in [0.1, 0.15) is 22.4 Å². The quantitative estimate of drug-likeness (QED) is 0.400. The number of thiophene rings is 1. The molecule has 0 aliphatic carbocycles. The Balaban J connectivity index is 1.39. The van der Waals surface area contributed by atoms with Crippen LogP contribution in [-0.2, 0) is 19.5 Å². The van der Waals surface area contributed by atoms with Gasteiger partial charge in [0.25, 0.3) is 5.56 Å². The van der Waals surface area contributed by atoms with Crippen molar-refractivity contribution in [2.75, 3.05) is 6.54 Å². The smallest absolute Gasteiger partial charge is 0.255 e. The molecule has 0 fully saturated rings. The van der Waals surface area contributed by atoms with Gasteiger partial charge in [-0.15, -0.1) is 11.3 Å². The molecule has 0 amide bonds. The molecular weight excluding hydrogens is 416 g/mol. The van der Waals surface area contributed by atoms with Gasteiger partial charge in [0.15, 0.2) is 5.82 Å². The van der Waals surface area contributed by atoms with Gasteiger partial charge in [0.2, 0.25) is 0 Å². The van der Waals surface area contributed by atoms with Crippen molar-refractivity contribution < 1.29 is 0 Å². The molecule has 1 N–H and O–H groups in total. The lowest BCUT2D eigenvalue weighted by atomic mass is 9.99. The van der Waals surface area contributed by atoms with Crippen molar-refractivity contribution in [1.29, 1.82) is 0 Å². The van der Waals surface area contributed by atoms with Gasteiger partial charge in [-0.3, -0.25) is 9.69 Å². The van der Waals surface area contributed by atoms with Crippen LogP contribution in [0.5, 0.6) is 0 Å². The Morgan fingerprint density at radius 2 is 1.91 bits per heavy atom. The maximum absolute atomic E-state index is 12.9. The molecule has 4 heterocycles. The summed E-state index contributed by atoms with van der Waals surface area (Å²) in [6.07, 6.45) is 0.775. The molecule has 1 aliphatic heterocycles. The highest BCUT2D eigenvalue weighted by atomic mass is 32.1. The first-order valence-electron chi connectivity index (χ1n) is 10.8. The number of hydrogen-bond acceptors (Lipinski definition) is 5. The van der Waals surface area contributed by atoms with Gasteiger partial charge in [-0.1, -0.05) is 35.9 Å². The summed E-state index contributed by atoms with van der Waals surface area (Å²) in [7, 11) is 0. The second-order valence-corrected chi connectivity index (χ2v) is 9.35. The van der Waals surface area contributed by atoms with Gasteiger partial charge >= 0.3 is 0 Å². The number of hydrogen-bond donors (Lipinski definition) is 1. The zero-order valence-electron chi connectivity index (χ0n) is 17.8. The van der Waals surface area contributed by atoms with Crippen molar-refractivity contribution in [1.82, 2.24) is 19.9 Å². The molecule has 158 valence electrons. The van der Waals surface area contributed by atoms with Crippen LogP contribution < -0.4 is 5.56 Å². The van der Waals surface area contributed by atoms with Crippen LogP contribution in [-0.4, -0.2) is 26.4 Å². The maximum Gasteiger partial charge on any atom is 0.255 e. The van der Waals surface area contributed by atoms with E-state index < -0.39 is 0 Å². The first kappa shape index (κ1) is 19.3. The van der Waals surface area contributed by atoms with Crippen molar-refractivity contribution >= 4 is 33.1 Å². The molecule has 0 saturated heterocycles. The van der Waals surface area contributed by atoms with Crippen LogP contribution in [0.4, 0.5) is 0 Å². The number of aromatic nitrogens is 3. The molecule has 0 bridgehead atoms. The summed E-state index contributed by atoms with van der Waals surface area (Å²) in [6, 6.07) is 18.7. The van der Waals surface area contributed by atoms with Crippen LogP contribution >= 0.6 is 11.3 Å². The summed E-state index contributed by atoms with van der Waals surface area (Å²) in [5.74, 6) is 0.679. The third-order valence-corrected chi connectivity index (χ3v) is 7.11. The largest absolute Gasteiger partial charge is 0.306 e. The highest BCUT2D eigenvalue weighted by molar-refractivity contribution is 7.13. The molecule has 5 aromatic rings. The van der Waals surface area contributed by atoms with E-state index in [4.69, 9.17) is 9.97 Å². The molecule has 0 radical (unpaired) electrons. The molecule has 2 aromatic carbocycles. The van der Waals surface area contributed by atoms with E-state index in [-0.39, 0.29) is 5.56 Å². The normalized spacial score (nSPS) is 14.2. The van der Waals surface area contributed by atoms with E-state index in [0.717, 1.165) is 46.7 Å². The molecule has 0 atom stereocenters. The Morgan fingerprint density at radius 1 is 1.03 bits per heavy atom. The third kappa shape index (κ3) is 3.32.